The third-order valence-corrected chi connectivity index (χ3v) is 4.78. The molecule has 0 bridgehead atoms. The second kappa shape index (κ2) is 9.07. The van der Waals surface area contributed by atoms with Crippen molar-refractivity contribution >= 4 is 5.91 Å². The number of hydrogen-bond donors (Lipinski definition) is 0. The monoisotopic (exact) mass is 289 g/mol. The highest BCUT2D eigenvalue weighted by Crippen LogP contribution is 2.33. The van der Waals surface area contributed by atoms with Crippen molar-refractivity contribution in [2.45, 2.75) is 77.6 Å². The maximum Gasteiger partial charge on any atom is 0.226 e. The van der Waals surface area contributed by atoms with Gasteiger partial charge < -0.3 is 4.90 Å². The van der Waals surface area contributed by atoms with E-state index in [1.54, 1.807) is 0 Å². The molecule has 0 spiro atoms. The van der Waals surface area contributed by atoms with Gasteiger partial charge in [-0.1, -0.05) is 57.6 Å². The predicted octanol–water partition coefficient (Wildman–Crippen LogP) is 5.21. The topological polar surface area (TPSA) is 20.3 Å². The molecule has 0 radical (unpaired) electrons. The van der Waals surface area contributed by atoms with E-state index in [9.17, 15) is 4.79 Å². The van der Waals surface area contributed by atoms with Crippen LogP contribution < -0.4 is 0 Å². The number of unbranched alkanes of at least 4 members (excludes halogenated alkanes) is 6. The Bertz CT molecular complexity index is 383. The van der Waals surface area contributed by atoms with Gasteiger partial charge in [-0.15, -0.1) is 0 Å². The van der Waals surface area contributed by atoms with E-state index in [1.807, 2.05) is 0 Å². The Morgan fingerprint density at radius 1 is 1.19 bits per heavy atom. The van der Waals surface area contributed by atoms with Crippen LogP contribution in [-0.2, 0) is 4.79 Å². The molecule has 0 aromatic carbocycles. The summed E-state index contributed by atoms with van der Waals surface area (Å²) in [4.78, 5) is 14.5. The molecule has 1 fully saturated rings. The summed E-state index contributed by atoms with van der Waals surface area (Å²) in [6.45, 7) is 3.19. The molecular weight excluding hydrogens is 258 g/mol. The summed E-state index contributed by atoms with van der Waals surface area (Å²) in [6, 6.07) is 0. The molecule has 0 N–H and O–H groups in total. The van der Waals surface area contributed by atoms with Crippen molar-refractivity contribution in [1.29, 1.82) is 0 Å². The van der Waals surface area contributed by atoms with Crippen LogP contribution in [0.4, 0.5) is 0 Å². The van der Waals surface area contributed by atoms with Gasteiger partial charge in [0.15, 0.2) is 0 Å². The number of fused-ring (bicyclic) bond motifs is 1. The fourth-order valence-electron chi connectivity index (χ4n) is 3.50. The van der Waals surface area contributed by atoms with E-state index in [4.69, 9.17) is 0 Å². The normalized spacial score (nSPS) is 21.1. The van der Waals surface area contributed by atoms with Crippen molar-refractivity contribution in [2.75, 3.05) is 6.54 Å². The summed E-state index contributed by atoms with van der Waals surface area (Å²) in [5.41, 5.74) is 1.29. The zero-order valence-electron chi connectivity index (χ0n) is 13.7. The average molecular weight is 289 g/mol. The Kier molecular flexibility index (Phi) is 7.05. The first-order valence-electron chi connectivity index (χ1n) is 9.00. The van der Waals surface area contributed by atoms with E-state index in [-0.39, 0.29) is 0 Å². The number of likely N-dealkylation sites (tertiary alicyclic amines) is 1. The first-order chi connectivity index (χ1) is 10.3. The molecule has 2 aliphatic rings. The fraction of sp³-hybridized carbons (Fsp3) is 0.737. The maximum atomic E-state index is 12.4. The summed E-state index contributed by atoms with van der Waals surface area (Å²) in [5.74, 6) is 0.955. The first kappa shape index (κ1) is 16.3. The largest absolute Gasteiger partial charge is 0.316 e. The molecule has 0 saturated carbocycles. The number of piperidine rings is 1. The molecule has 1 heterocycles. The highest BCUT2D eigenvalue weighted by atomic mass is 16.2. The molecule has 2 nitrogen and oxygen atoms in total. The zero-order valence-corrected chi connectivity index (χ0v) is 13.7. The standard InChI is InChI=1S/C19H31NO/c1-2-3-4-5-6-7-8-15-19(21)20-16-11-13-17-12-9-10-14-18(17)20/h9-10,14,17H,2-8,11-13,15-16H2,1H3. The molecule has 2 rings (SSSR count). The van der Waals surface area contributed by atoms with Gasteiger partial charge in [-0.25, -0.2) is 0 Å². The third kappa shape index (κ3) is 5.01. The summed E-state index contributed by atoms with van der Waals surface area (Å²) >= 11 is 0. The molecule has 1 unspecified atom stereocenters. The van der Waals surface area contributed by atoms with Crippen molar-refractivity contribution in [3.05, 3.63) is 23.9 Å². The predicted molar refractivity (Wildman–Crippen MR) is 88.9 cm³/mol. The molecule has 1 aliphatic heterocycles. The molecular formula is C19H31NO. The lowest BCUT2D eigenvalue weighted by Gasteiger charge is -2.36. The Morgan fingerprint density at radius 3 is 2.76 bits per heavy atom. The highest BCUT2D eigenvalue weighted by Gasteiger charge is 2.28. The molecule has 1 saturated heterocycles. The minimum Gasteiger partial charge on any atom is -0.316 e. The number of carbonyl (C=O) groups excluding carboxylic acids is 1. The van der Waals surface area contributed by atoms with Gasteiger partial charge in [0.25, 0.3) is 0 Å². The molecule has 0 aromatic rings. The van der Waals surface area contributed by atoms with E-state index in [1.165, 1.54) is 57.1 Å². The van der Waals surface area contributed by atoms with Gasteiger partial charge >= 0.3 is 0 Å². The Morgan fingerprint density at radius 2 is 1.95 bits per heavy atom. The average Bonchev–Trinajstić information content (AvgIpc) is 2.53. The van der Waals surface area contributed by atoms with Crippen molar-refractivity contribution in [3.8, 4) is 0 Å². The Hall–Kier alpha value is -1.05. The van der Waals surface area contributed by atoms with Gasteiger partial charge in [-0.05, 0) is 31.8 Å². The van der Waals surface area contributed by atoms with Crippen LogP contribution in [0.15, 0.2) is 23.9 Å². The maximum absolute atomic E-state index is 12.4. The van der Waals surface area contributed by atoms with E-state index in [2.05, 4.69) is 30.1 Å². The smallest absolute Gasteiger partial charge is 0.226 e. The molecule has 0 aromatic heterocycles. The van der Waals surface area contributed by atoms with Crippen LogP contribution >= 0.6 is 0 Å². The van der Waals surface area contributed by atoms with Crippen LogP contribution in [-0.4, -0.2) is 17.4 Å². The van der Waals surface area contributed by atoms with Crippen LogP contribution in [0.25, 0.3) is 0 Å². The summed E-state index contributed by atoms with van der Waals surface area (Å²) in [5, 5.41) is 0. The first-order valence-corrected chi connectivity index (χ1v) is 9.00. The number of amides is 1. The SMILES string of the molecule is CCCCCCCCCC(=O)N1CCCC2CC=CC=C21. The number of hydrogen-bond acceptors (Lipinski definition) is 1. The Labute approximate surface area is 130 Å². The quantitative estimate of drug-likeness (QED) is 0.562. The lowest BCUT2D eigenvalue weighted by atomic mass is 9.87. The van der Waals surface area contributed by atoms with Crippen molar-refractivity contribution in [1.82, 2.24) is 4.90 Å². The molecule has 2 heteroatoms. The van der Waals surface area contributed by atoms with Crippen LogP contribution in [0, 0.1) is 5.92 Å². The minimum atomic E-state index is 0.356. The molecule has 1 atom stereocenters. The lowest BCUT2D eigenvalue weighted by molar-refractivity contribution is -0.130. The lowest BCUT2D eigenvalue weighted by Crippen LogP contribution is -2.38. The van der Waals surface area contributed by atoms with Crippen LogP contribution in [0.5, 0.6) is 0 Å². The van der Waals surface area contributed by atoms with Gasteiger partial charge in [0, 0.05) is 24.6 Å². The minimum absolute atomic E-state index is 0.356. The molecule has 21 heavy (non-hydrogen) atoms. The van der Waals surface area contributed by atoms with Crippen molar-refractivity contribution < 1.29 is 4.79 Å². The van der Waals surface area contributed by atoms with Gasteiger partial charge in [-0.2, -0.15) is 0 Å². The summed E-state index contributed by atoms with van der Waals surface area (Å²) < 4.78 is 0. The van der Waals surface area contributed by atoms with Gasteiger partial charge in [0.2, 0.25) is 5.91 Å². The van der Waals surface area contributed by atoms with Gasteiger partial charge in [0.1, 0.15) is 0 Å². The van der Waals surface area contributed by atoms with Gasteiger partial charge in [-0.3, -0.25) is 4.79 Å². The van der Waals surface area contributed by atoms with Crippen LogP contribution in [0.3, 0.4) is 0 Å². The molecule has 118 valence electrons. The Balaban J connectivity index is 1.68. The molecule has 1 aliphatic carbocycles. The molecule has 1 amide bonds. The van der Waals surface area contributed by atoms with Crippen LogP contribution in [0.1, 0.15) is 77.6 Å². The van der Waals surface area contributed by atoms with Crippen LogP contribution in [0.2, 0.25) is 0 Å². The number of rotatable bonds is 8. The van der Waals surface area contributed by atoms with E-state index < -0.39 is 0 Å². The zero-order chi connectivity index (χ0) is 14.9. The summed E-state index contributed by atoms with van der Waals surface area (Å²) in [7, 11) is 0. The fourth-order valence-corrected chi connectivity index (χ4v) is 3.50. The highest BCUT2D eigenvalue weighted by molar-refractivity contribution is 5.78. The van der Waals surface area contributed by atoms with E-state index in [0.717, 1.165) is 25.8 Å². The second-order valence-corrected chi connectivity index (χ2v) is 6.51. The second-order valence-electron chi connectivity index (χ2n) is 6.51. The number of allylic oxidation sites excluding steroid dienone is 4. The van der Waals surface area contributed by atoms with E-state index >= 15 is 0 Å². The summed E-state index contributed by atoms with van der Waals surface area (Å²) in [6.07, 6.45) is 19.7. The number of nitrogens with zero attached hydrogens (tertiary/aromatic N) is 1. The van der Waals surface area contributed by atoms with Crippen molar-refractivity contribution in [2.24, 2.45) is 5.92 Å². The van der Waals surface area contributed by atoms with E-state index in [0.29, 0.717) is 11.8 Å². The van der Waals surface area contributed by atoms with Crippen molar-refractivity contribution in [3.63, 3.8) is 0 Å². The number of carbonyl (C=O) groups is 1. The third-order valence-electron chi connectivity index (χ3n) is 4.78. The van der Waals surface area contributed by atoms with Gasteiger partial charge in [0.05, 0.1) is 0 Å².